The van der Waals surface area contributed by atoms with Crippen molar-refractivity contribution in [3.63, 3.8) is 0 Å². The van der Waals surface area contributed by atoms with E-state index in [1.807, 2.05) is 35.2 Å². The van der Waals surface area contributed by atoms with Gasteiger partial charge in [-0.25, -0.2) is 4.98 Å². The van der Waals surface area contributed by atoms with E-state index >= 15 is 0 Å². The Morgan fingerprint density at radius 3 is 3.07 bits per heavy atom. The number of hydrogen-bond donors (Lipinski definition) is 1. The lowest BCUT2D eigenvalue weighted by Gasteiger charge is -2.07. The summed E-state index contributed by atoms with van der Waals surface area (Å²) in [4.78, 5) is 4.28. The third-order valence-electron chi connectivity index (χ3n) is 2.24. The molecule has 1 unspecified atom stereocenters. The van der Waals surface area contributed by atoms with Crippen LogP contribution in [0, 0.1) is 0 Å². The van der Waals surface area contributed by atoms with Crippen LogP contribution in [0.15, 0.2) is 43.2 Å². The molecule has 2 rings (SSSR count). The fourth-order valence-electron chi connectivity index (χ4n) is 1.46. The van der Waals surface area contributed by atoms with E-state index in [1.165, 1.54) is 0 Å². The van der Waals surface area contributed by atoms with Crippen LogP contribution in [0.1, 0.15) is 0 Å². The predicted molar refractivity (Wildman–Crippen MR) is 57.9 cm³/mol. The second-order valence-corrected chi connectivity index (χ2v) is 3.29. The van der Waals surface area contributed by atoms with E-state index in [2.05, 4.69) is 11.6 Å². The molecule has 0 aliphatic rings. The van der Waals surface area contributed by atoms with Gasteiger partial charge < -0.3 is 10.3 Å². The second kappa shape index (κ2) is 3.64. The highest BCUT2D eigenvalue weighted by molar-refractivity contribution is 5.74. The lowest BCUT2D eigenvalue weighted by molar-refractivity contribution is 0.645. The minimum absolute atomic E-state index is 0.0207. The number of imidazole rings is 1. The van der Waals surface area contributed by atoms with Gasteiger partial charge in [-0.15, -0.1) is 6.58 Å². The highest BCUT2D eigenvalue weighted by atomic mass is 15.1. The van der Waals surface area contributed by atoms with Crippen LogP contribution < -0.4 is 5.73 Å². The molecule has 14 heavy (non-hydrogen) atoms. The van der Waals surface area contributed by atoms with E-state index in [4.69, 9.17) is 5.73 Å². The molecule has 0 aliphatic heterocycles. The normalized spacial score (nSPS) is 12.9. The quantitative estimate of drug-likeness (QED) is 0.741. The molecule has 0 amide bonds. The molecule has 0 fully saturated rings. The molecule has 0 radical (unpaired) electrons. The summed E-state index contributed by atoms with van der Waals surface area (Å²) in [5.74, 6) is 0. The van der Waals surface area contributed by atoms with Gasteiger partial charge in [0.25, 0.3) is 0 Å². The standard InChI is InChI=1S/C11H13N3/c1-2-9(12)7-14-8-13-10-5-3-4-6-11(10)14/h2-6,8-9H,1,7,12H2. The van der Waals surface area contributed by atoms with Gasteiger partial charge in [-0.05, 0) is 12.1 Å². The summed E-state index contributed by atoms with van der Waals surface area (Å²) >= 11 is 0. The largest absolute Gasteiger partial charge is 0.329 e. The second-order valence-electron chi connectivity index (χ2n) is 3.29. The molecule has 1 heterocycles. The predicted octanol–water partition coefficient (Wildman–Crippen LogP) is 1.55. The van der Waals surface area contributed by atoms with Crippen LogP contribution in [0.3, 0.4) is 0 Å². The smallest absolute Gasteiger partial charge is 0.0958 e. The molecule has 0 saturated carbocycles. The first-order chi connectivity index (χ1) is 6.81. The van der Waals surface area contributed by atoms with Crippen molar-refractivity contribution < 1.29 is 0 Å². The minimum Gasteiger partial charge on any atom is -0.329 e. The third-order valence-corrected chi connectivity index (χ3v) is 2.24. The van der Waals surface area contributed by atoms with Crippen LogP contribution in [0.4, 0.5) is 0 Å². The molecule has 3 heteroatoms. The van der Waals surface area contributed by atoms with Gasteiger partial charge in [0.1, 0.15) is 0 Å². The molecular formula is C11H13N3. The van der Waals surface area contributed by atoms with E-state index in [9.17, 15) is 0 Å². The molecule has 2 aromatic rings. The Morgan fingerprint density at radius 2 is 2.29 bits per heavy atom. The summed E-state index contributed by atoms with van der Waals surface area (Å²) < 4.78 is 2.04. The highest BCUT2D eigenvalue weighted by Crippen LogP contribution is 2.11. The van der Waals surface area contributed by atoms with Crippen molar-refractivity contribution >= 4 is 11.0 Å². The van der Waals surface area contributed by atoms with E-state index in [-0.39, 0.29) is 6.04 Å². The molecule has 0 saturated heterocycles. The number of rotatable bonds is 3. The molecule has 1 atom stereocenters. The molecule has 2 N–H and O–H groups in total. The molecular weight excluding hydrogens is 174 g/mol. The van der Waals surface area contributed by atoms with Crippen molar-refractivity contribution in [3.8, 4) is 0 Å². The first-order valence-electron chi connectivity index (χ1n) is 4.59. The van der Waals surface area contributed by atoms with Gasteiger partial charge in [-0.1, -0.05) is 18.2 Å². The molecule has 0 bridgehead atoms. The molecule has 72 valence electrons. The monoisotopic (exact) mass is 187 g/mol. The van der Waals surface area contributed by atoms with Crippen molar-refractivity contribution in [3.05, 3.63) is 43.2 Å². The number of nitrogens with zero attached hydrogens (tertiary/aromatic N) is 2. The summed E-state index contributed by atoms with van der Waals surface area (Å²) in [6, 6.07) is 7.99. The first-order valence-corrected chi connectivity index (χ1v) is 4.59. The van der Waals surface area contributed by atoms with Crippen LogP contribution in [-0.2, 0) is 6.54 Å². The lowest BCUT2D eigenvalue weighted by atomic mass is 10.3. The van der Waals surface area contributed by atoms with Gasteiger partial charge in [0.2, 0.25) is 0 Å². The van der Waals surface area contributed by atoms with Gasteiger partial charge in [-0.3, -0.25) is 0 Å². The summed E-state index contributed by atoms with van der Waals surface area (Å²) in [6.07, 6.45) is 3.56. The Balaban J connectivity index is 2.38. The highest BCUT2D eigenvalue weighted by Gasteiger charge is 2.03. The van der Waals surface area contributed by atoms with Crippen LogP contribution in [0.5, 0.6) is 0 Å². The maximum atomic E-state index is 5.79. The molecule has 1 aromatic carbocycles. The van der Waals surface area contributed by atoms with Crippen LogP contribution >= 0.6 is 0 Å². The number of benzene rings is 1. The van der Waals surface area contributed by atoms with Crippen molar-refractivity contribution in [1.82, 2.24) is 9.55 Å². The molecule has 1 aromatic heterocycles. The fraction of sp³-hybridized carbons (Fsp3) is 0.182. The zero-order valence-electron chi connectivity index (χ0n) is 7.93. The zero-order valence-corrected chi connectivity index (χ0v) is 7.93. The number of hydrogen-bond acceptors (Lipinski definition) is 2. The van der Waals surface area contributed by atoms with Crippen molar-refractivity contribution in [2.75, 3.05) is 0 Å². The fourth-order valence-corrected chi connectivity index (χ4v) is 1.46. The zero-order chi connectivity index (χ0) is 9.97. The minimum atomic E-state index is -0.0207. The molecule has 0 aliphatic carbocycles. The summed E-state index contributed by atoms with van der Waals surface area (Å²) in [5.41, 5.74) is 7.91. The summed E-state index contributed by atoms with van der Waals surface area (Å²) in [6.45, 7) is 4.39. The van der Waals surface area contributed by atoms with Crippen molar-refractivity contribution in [2.24, 2.45) is 5.73 Å². The number of para-hydroxylation sites is 2. The number of nitrogens with two attached hydrogens (primary N) is 1. The van der Waals surface area contributed by atoms with Crippen molar-refractivity contribution in [2.45, 2.75) is 12.6 Å². The van der Waals surface area contributed by atoms with E-state index < -0.39 is 0 Å². The van der Waals surface area contributed by atoms with Gasteiger partial charge in [-0.2, -0.15) is 0 Å². The third kappa shape index (κ3) is 1.54. The van der Waals surface area contributed by atoms with E-state index in [0.717, 1.165) is 17.6 Å². The van der Waals surface area contributed by atoms with Crippen molar-refractivity contribution in [1.29, 1.82) is 0 Å². The summed E-state index contributed by atoms with van der Waals surface area (Å²) in [5, 5.41) is 0. The number of fused-ring (bicyclic) bond motifs is 1. The average molecular weight is 187 g/mol. The SMILES string of the molecule is C=CC(N)Cn1cnc2ccccc21. The van der Waals surface area contributed by atoms with Crippen LogP contribution in [-0.4, -0.2) is 15.6 Å². The lowest BCUT2D eigenvalue weighted by Crippen LogP contribution is -2.22. The Kier molecular flexibility index (Phi) is 2.33. The molecule has 3 nitrogen and oxygen atoms in total. The maximum Gasteiger partial charge on any atom is 0.0958 e. The van der Waals surface area contributed by atoms with Gasteiger partial charge >= 0.3 is 0 Å². The Bertz CT molecular complexity index is 444. The first kappa shape index (κ1) is 8.97. The maximum absolute atomic E-state index is 5.79. The van der Waals surface area contributed by atoms with E-state index in [0.29, 0.717) is 0 Å². The Morgan fingerprint density at radius 1 is 1.50 bits per heavy atom. The average Bonchev–Trinajstić information content (AvgIpc) is 2.62. The van der Waals surface area contributed by atoms with Crippen LogP contribution in [0.2, 0.25) is 0 Å². The topological polar surface area (TPSA) is 43.8 Å². The van der Waals surface area contributed by atoms with Gasteiger partial charge in [0.15, 0.2) is 0 Å². The van der Waals surface area contributed by atoms with Crippen LogP contribution in [0.25, 0.3) is 11.0 Å². The van der Waals surface area contributed by atoms with Gasteiger partial charge in [0, 0.05) is 12.6 Å². The number of aromatic nitrogens is 2. The molecule has 0 spiro atoms. The Hall–Kier alpha value is -1.61. The van der Waals surface area contributed by atoms with E-state index in [1.54, 1.807) is 6.08 Å². The Labute approximate surface area is 82.9 Å². The summed E-state index contributed by atoms with van der Waals surface area (Å²) in [7, 11) is 0. The van der Waals surface area contributed by atoms with Gasteiger partial charge in [0.05, 0.1) is 17.4 Å².